The van der Waals surface area contributed by atoms with E-state index in [1.54, 1.807) is 7.11 Å². The third kappa shape index (κ3) is 1.23. The molecule has 0 aromatic rings. The van der Waals surface area contributed by atoms with E-state index in [4.69, 9.17) is 8.92 Å². The van der Waals surface area contributed by atoms with Gasteiger partial charge in [0.1, 0.15) is 0 Å². The molecule has 110 valence electrons. The number of allylic oxidation sites excluding steroid dienone is 3. The smallest absolute Gasteiger partial charge is 0.336 e. The maximum atomic E-state index is 11.9. The zero-order chi connectivity index (χ0) is 14.2. The van der Waals surface area contributed by atoms with Crippen molar-refractivity contribution in [1.82, 2.24) is 4.72 Å². The van der Waals surface area contributed by atoms with Crippen molar-refractivity contribution in [3.05, 3.63) is 24.3 Å². The lowest BCUT2D eigenvalue weighted by molar-refractivity contribution is 0.0264. The minimum Gasteiger partial charge on any atom is -0.380 e. The molecular formula is C14H19NO4S. The molecule has 3 aliphatic carbocycles. The first-order chi connectivity index (χ1) is 9.49. The molecule has 0 bridgehead atoms. The minimum atomic E-state index is -3.65. The van der Waals surface area contributed by atoms with Crippen LogP contribution in [0.15, 0.2) is 24.3 Å². The first kappa shape index (κ1) is 13.0. The number of hydrogen-bond donors (Lipinski definition) is 1. The van der Waals surface area contributed by atoms with Crippen LogP contribution in [-0.2, 0) is 19.2 Å². The van der Waals surface area contributed by atoms with E-state index in [0.717, 1.165) is 6.42 Å². The highest BCUT2D eigenvalue weighted by atomic mass is 32.2. The molecular weight excluding hydrogens is 278 g/mol. The number of methoxy groups -OCH3 is 1. The summed E-state index contributed by atoms with van der Waals surface area (Å²) in [5.41, 5.74) is -0.170. The van der Waals surface area contributed by atoms with Gasteiger partial charge in [-0.25, -0.2) is 0 Å². The molecule has 0 amide bonds. The van der Waals surface area contributed by atoms with Gasteiger partial charge in [-0.2, -0.15) is 13.1 Å². The van der Waals surface area contributed by atoms with Gasteiger partial charge in [-0.1, -0.05) is 31.2 Å². The lowest BCUT2D eigenvalue weighted by Gasteiger charge is -2.29. The van der Waals surface area contributed by atoms with E-state index in [1.165, 1.54) is 0 Å². The number of hydrogen-bond acceptors (Lipinski definition) is 4. The van der Waals surface area contributed by atoms with Crippen molar-refractivity contribution in [2.24, 2.45) is 22.7 Å². The van der Waals surface area contributed by atoms with Gasteiger partial charge in [0.2, 0.25) is 0 Å². The fourth-order valence-corrected chi connectivity index (χ4v) is 6.47. The van der Waals surface area contributed by atoms with E-state index in [9.17, 15) is 8.42 Å². The predicted octanol–water partition coefficient (Wildman–Crippen LogP) is 1.00. The molecule has 1 saturated heterocycles. The Labute approximate surface area is 119 Å². The van der Waals surface area contributed by atoms with Gasteiger partial charge in [0.05, 0.1) is 12.7 Å². The first-order valence-electron chi connectivity index (χ1n) is 7.05. The van der Waals surface area contributed by atoms with E-state index in [0.29, 0.717) is 5.92 Å². The highest BCUT2D eigenvalue weighted by Crippen LogP contribution is 2.82. The Bertz CT molecular complexity index is 613. The number of ether oxygens (including phenoxy) is 1. The predicted molar refractivity (Wildman–Crippen MR) is 73.0 cm³/mol. The number of nitrogens with one attached hydrogen (secondary N) is 1. The summed E-state index contributed by atoms with van der Waals surface area (Å²) in [5.74, 6) is 0.472. The van der Waals surface area contributed by atoms with Gasteiger partial charge in [-0.15, -0.1) is 0 Å². The third-order valence-corrected chi connectivity index (χ3v) is 6.91. The first-order valence-corrected chi connectivity index (χ1v) is 8.46. The lowest BCUT2D eigenvalue weighted by Crippen LogP contribution is -2.44. The second-order valence-electron chi connectivity index (χ2n) is 6.33. The summed E-state index contributed by atoms with van der Waals surface area (Å²) >= 11 is 0. The second-order valence-corrected chi connectivity index (χ2v) is 7.71. The van der Waals surface area contributed by atoms with Crippen LogP contribution in [0.25, 0.3) is 0 Å². The number of rotatable bonds is 1. The van der Waals surface area contributed by atoms with E-state index in [1.807, 2.05) is 0 Å². The molecule has 6 heteroatoms. The van der Waals surface area contributed by atoms with Gasteiger partial charge < -0.3 is 4.74 Å². The fourth-order valence-electron chi connectivity index (χ4n) is 5.36. The van der Waals surface area contributed by atoms with Gasteiger partial charge in [0, 0.05) is 29.9 Å². The summed E-state index contributed by atoms with van der Waals surface area (Å²) in [6, 6.07) is -0.127. The Morgan fingerprint density at radius 3 is 2.95 bits per heavy atom. The summed E-state index contributed by atoms with van der Waals surface area (Å²) in [7, 11) is -1.93. The Kier molecular flexibility index (Phi) is 2.43. The second kappa shape index (κ2) is 3.74. The Morgan fingerprint density at radius 2 is 2.20 bits per heavy atom. The SMILES string of the molecule is CO[C@@H]1[C@@H](C)[C@@H]2NS(=O)(=O)OCC[C@@]23[C@H]2C=CC=C[C@]123. The molecule has 4 aliphatic rings. The molecule has 2 spiro atoms. The molecule has 0 aromatic carbocycles. The molecule has 3 fully saturated rings. The van der Waals surface area contributed by atoms with Gasteiger partial charge in [-0.05, 0) is 12.3 Å². The summed E-state index contributed by atoms with van der Waals surface area (Å²) in [6.45, 7) is 2.31. The van der Waals surface area contributed by atoms with Crippen LogP contribution in [0.1, 0.15) is 13.3 Å². The molecule has 1 aliphatic heterocycles. The summed E-state index contributed by atoms with van der Waals surface area (Å²) in [5, 5.41) is 0. The Morgan fingerprint density at radius 1 is 1.40 bits per heavy atom. The normalized spacial score (nSPS) is 54.7. The van der Waals surface area contributed by atoms with Crippen LogP contribution in [0.4, 0.5) is 0 Å². The highest BCUT2D eigenvalue weighted by molar-refractivity contribution is 7.84. The molecule has 2 saturated carbocycles. The molecule has 6 atom stereocenters. The zero-order valence-electron chi connectivity index (χ0n) is 11.6. The van der Waals surface area contributed by atoms with E-state index >= 15 is 0 Å². The fraction of sp³-hybridized carbons (Fsp3) is 0.714. The van der Waals surface area contributed by atoms with Crippen LogP contribution >= 0.6 is 0 Å². The molecule has 0 radical (unpaired) electrons. The topological polar surface area (TPSA) is 64.6 Å². The quantitative estimate of drug-likeness (QED) is 0.784. The Hall–Kier alpha value is -0.690. The van der Waals surface area contributed by atoms with Crippen LogP contribution in [-0.4, -0.2) is 34.3 Å². The summed E-state index contributed by atoms with van der Waals surface area (Å²) < 4.78 is 37.4. The van der Waals surface area contributed by atoms with Crippen molar-refractivity contribution in [2.45, 2.75) is 25.5 Å². The lowest BCUT2D eigenvalue weighted by atomic mass is 9.85. The zero-order valence-corrected chi connectivity index (χ0v) is 12.4. The molecule has 4 rings (SSSR count). The average Bonchev–Trinajstić information content (AvgIpc) is 2.98. The average molecular weight is 297 g/mol. The molecule has 20 heavy (non-hydrogen) atoms. The van der Waals surface area contributed by atoms with Gasteiger partial charge >= 0.3 is 10.3 Å². The van der Waals surface area contributed by atoms with E-state index in [-0.39, 0.29) is 35.5 Å². The molecule has 1 heterocycles. The maximum absolute atomic E-state index is 11.9. The largest absolute Gasteiger partial charge is 0.380 e. The third-order valence-electron chi connectivity index (χ3n) is 5.89. The van der Waals surface area contributed by atoms with Crippen molar-refractivity contribution >= 4 is 10.3 Å². The molecule has 5 nitrogen and oxygen atoms in total. The van der Waals surface area contributed by atoms with Crippen LogP contribution in [0.2, 0.25) is 0 Å². The summed E-state index contributed by atoms with van der Waals surface area (Å²) in [6.07, 6.45) is 9.32. The van der Waals surface area contributed by atoms with Gasteiger partial charge in [0.25, 0.3) is 0 Å². The molecule has 0 unspecified atom stereocenters. The van der Waals surface area contributed by atoms with Crippen molar-refractivity contribution in [1.29, 1.82) is 0 Å². The van der Waals surface area contributed by atoms with Crippen molar-refractivity contribution < 1.29 is 17.3 Å². The standard InChI is InChI=1S/C14H19NO4S/c1-9-11-13(7-8-19-20(16,17)15-11)10-5-3-4-6-14(10,13)12(9)18-2/h3-6,9-12,15H,7-8H2,1-2H3/t9-,10+,11-,12+,13+,14+/m0/s1. The molecule has 0 aromatic heterocycles. The van der Waals surface area contributed by atoms with Crippen molar-refractivity contribution in [2.75, 3.05) is 13.7 Å². The van der Waals surface area contributed by atoms with Crippen LogP contribution in [0, 0.1) is 22.7 Å². The minimum absolute atomic E-state index is 0.0412. The van der Waals surface area contributed by atoms with E-state index < -0.39 is 10.3 Å². The van der Waals surface area contributed by atoms with Gasteiger partial charge in [0.15, 0.2) is 0 Å². The highest BCUT2D eigenvalue weighted by Gasteiger charge is 2.85. The Balaban J connectivity index is 1.86. The molecule has 1 N–H and O–H groups in total. The van der Waals surface area contributed by atoms with Crippen LogP contribution in [0.5, 0.6) is 0 Å². The summed E-state index contributed by atoms with van der Waals surface area (Å²) in [4.78, 5) is 0. The maximum Gasteiger partial charge on any atom is 0.336 e. The van der Waals surface area contributed by atoms with Crippen LogP contribution in [0.3, 0.4) is 0 Å². The van der Waals surface area contributed by atoms with Crippen molar-refractivity contribution in [3.8, 4) is 0 Å². The van der Waals surface area contributed by atoms with Crippen LogP contribution < -0.4 is 4.72 Å². The van der Waals surface area contributed by atoms with Crippen molar-refractivity contribution in [3.63, 3.8) is 0 Å². The monoisotopic (exact) mass is 297 g/mol. The van der Waals surface area contributed by atoms with Gasteiger partial charge in [-0.3, -0.25) is 4.18 Å². The van der Waals surface area contributed by atoms with E-state index in [2.05, 4.69) is 35.9 Å².